The van der Waals surface area contributed by atoms with Gasteiger partial charge in [-0.1, -0.05) is 0 Å². The fraction of sp³-hybridized carbons (Fsp3) is 0.0833. The molecule has 0 saturated carbocycles. The van der Waals surface area contributed by atoms with E-state index in [-0.39, 0.29) is 11.8 Å². The number of nitrogens with one attached hydrogen (secondary N) is 1. The lowest BCUT2D eigenvalue weighted by atomic mass is 10.1. The van der Waals surface area contributed by atoms with Gasteiger partial charge in [-0.2, -0.15) is 5.26 Å². The number of aromatic nitrogens is 2. The number of methoxy groups -OCH3 is 1. The van der Waals surface area contributed by atoms with Crippen molar-refractivity contribution >= 4 is 5.95 Å². The molecule has 18 heavy (non-hydrogen) atoms. The van der Waals surface area contributed by atoms with Crippen LogP contribution in [0, 0.1) is 17.3 Å². The van der Waals surface area contributed by atoms with Gasteiger partial charge in [0.25, 0.3) is 0 Å². The van der Waals surface area contributed by atoms with Crippen LogP contribution in [0.2, 0.25) is 0 Å². The second-order valence-corrected chi connectivity index (χ2v) is 3.35. The molecule has 1 heterocycles. The van der Waals surface area contributed by atoms with Crippen molar-refractivity contribution < 1.29 is 9.13 Å². The van der Waals surface area contributed by atoms with Crippen LogP contribution in [0.4, 0.5) is 10.3 Å². The van der Waals surface area contributed by atoms with E-state index in [0.29, 0.717) is 17.0 Å². The standard InChI is InChI=1S/C12H9FN4O/c1-18-11-6-8(13)2-3-9(11)10-4-5-15-12(17-10)16-7-14/h2-6H,1H3,(H,15,16,17). The van der Waals surface area contributed by atoms with Crippen LogP contribution in [-0.2, 0) is 0 Å². The molecule has 6 heteroatoms. The lowest BCUT2D eigenvalue weighted by Gasteiger charge is -2.08. The van der Waals surface area contributed by atoms with E-state index in [1.54, 1.807) is 18.3 Å². The van der Waals surface area contributed by atoms with Crippen molar-refractivity contribution in [3.8, 4) is 23.2 Å². The Morgan fingerprint density at radius 2 is 2.22 bits per heavy atom. The summed E-state index contributed by atoms with van der Waals surface area (Å²) in [5.41, 5.74) is 1.17. The molecule has 0 aliphatic heterocycles. The second-order valence-electron chi connectivity index (χ2n) is 3.35. The van der Waals surface area contributed by atoms with E-state index in [1.807, 2.05) is 0 Å². The first-order chi connectivity index (χ1) is 8.74. The molecular weight excluding hydrogens is 235 g/mol. The van der Waals surface area contributed by atoms with Gasteiger partial charge in [0.15, 0.2) is 6.19 Å². The van der Waals surface area contributed by atoms with E-state index in [1.165, 1.54) is 25.4 Å². The van der Waals surface area contributed by atoms with Crippen molar-refractivity contribution in [1.82, 2.24) is 9.97 Å². The van der Waals surface area contributed by atoms with Crippen LogP contribution in [0.1, 0.15) is 0 Å². The first kappa shape index (κ1) is 11.8. The zero-order valence-corrected chi connectivity index (χ0v) is 9.51. The summed E-state index contributed by atoms with van der Waals surface area (Å²) in [5, 5.41) is 10.8. The molecule has 0 spiro atoms. The minimum atomic E-state index is -0.389. The summed E-state index contributed by atoms with van der Waals surface area (Å²) >= 11 is 0. The first-order valence-corrected chi connectivity index (χ1v) is 5.06. The molecule has 2 aromatic rings. The van der Waals surface area contributed by atoms with Gasteiger partial charge in [-0.15, -0.1) is 0 Å². The summed E-state index contributed by atoms with van der Waals surface area (Å²) in [4.78, 5) is 7.99. The first-order valence-electron chi connectivity index (χ1n) is 5.06. The van der Waals surface area contributed by atoms with E-state index in [2.05, 4.69) is 15.3 Å². The molecule has 0 saturated heterocycles. The number of nitrogens with zero attached hydrogens (tertiary/aromatic N) is 3. The van der Waals surface area contributed by atoms with Crippen LogP contribution in [0.3, 0.4) is 0 Å². The van der Waals surface area contributed by atoms with E-state index < -0.39 is 0 Å². The fourth-order valence-electron chi connectivity index (χ4n) is 1.50. The Bertz CT molecular complexity index is 609. The number of halogens is 1. The van der Waals surface area contributed by atoms with Crippen LogP contribution in [0.5, 0.6) is 5.75 Å². The van der Waals surface area contributed by atoms with Crippen LogP contribution in [-0.4, -0.2) is 17.1 Å². The van der Waals surface area contributed by atoms with E-state index in [0.717, 1.165) is 0 Å². The van der Waals surface area contributed by atoms with E-state index in [9.17, 15) is 4.39 Å². The molecule has 5 nitrogen and oxygen atoms in total. The zero-order chi connectivity index (χ0) is 13.0. The summed E-state index contributed by atoms with van der Waals surface area (Å²) < 4.78 is 18.2. The quantitative estimate of drug-likeness (QED) is 0.662. The Morgan fingerprint density at radius 1 is 1.39 bits per heavy atom. The van der Waals surface area contributed by atoms with Crippen molar-refractivity contribution in [3.05, 3.63) is 36.3 Å². The molecule has 1 N–H and O–H groups in total. The maximum absolute atomic E-state index is 13.1. The lowest BCUT2D eigenvalue weighted by molar-refractivity contribution is 0.413. The summed E-state index contributed by atoms with van der Waals surface area (Å²) in [6, 6.07) is 5.80. The Kier molecular flexibility index (Phi) is 3.34. The normalized spacial score (nSPS) is 9.61. The SMILES string of the molecule is COc1cc(F)ccc1-c1ccnc(NC#N)n1. The van der Waals surface area contributed by atoms with Gasteiger partial charge in [-0.25, -0.2) is 14.4 Å². The van der Waals surface area contributed by atoms with Gasteiger partial charge in [-0.3, -0.25) is 5.32 Å². The van der Waals surface area contributed by atoms with Gasteiger partial charge in [0.1, 0.15) is 11.6 Å². The van der Waals surface area contributed by atoms with E-state index in [4.69, 9.17) is 10.00 Å². The molecule has 0 bridgehead atoms. The monoisotopic (exact) mass is 244 g/mol. The van der Waals surface area contributed by atoms with Gasteiger partial charge in [0, 0.05) is 17.8 Å². The maximum Gasteiger partial charge on any atom is 0.236 e. The van der Waals surface area contributed by atoms with Gasteiger partial charge >= 0.3 is 0 Å². The topological polar surface area (TPSA) is 70.8 Å². The molecular formula is C12H9FN4O. The average molecular weight is 244 g/mol. The molecule has 0 fully saturated rings. The third-order valence-electron chi connectivity index (χ3n) is 2.26. The summed E-state index contributed by atoms with van der Waals surface area (Å²) in [7, 11) is 1.45. The van der Waals surface area contributed by atoms with Crippen LogP contribution in [0.15, 0.2) is 30.5 Å². The highest BCUT2D eigenvalue weighted by atomic mass is 19.1. The number of benzene rings is 1. The molecule has 90 valence electrons. The lowest BCUT2D eigenvalue weighted by Crippen LogP contribution is -1.97. The van der Waals surface area contributed by atoms with Crippen molar-refractivity contribution in [2.24, 2.45) is 0 Å². The third kappa shape index (κ3) is 2.35. The average Bonchev–Trinajstić information content (AvgIpc) is 2.39. The van der Waals surface area contributed by atoms with Crippen LogP contribution in [0.25, 0.3) is 11.3 Å². The summed E-state index contributed by atoms with van der Waals surface area (Å²) in [5.74, 6) is 0.165. The Morgan fingerprint density at radius 3 is 2.94 bits per heavy atom. The maximum atomic E-state index is 13.1. The zero-order valence-electron chi connectivity index (χ0n) is 9.51. The number of rotatable bonds is 3. The number of hydrogen-bond donors (Lipinski definition) is 1. The highest BCUT2D eigenvalue weighted by molar-refractivity contribution is 5.67. The number of nitriles is 1. The number of hydrogen-bond acceptors (Lipinski definition) is 5. The van der Waals surface area contributed by atoms with Crippen molar-refractivity contribution in [2.45, 2.75) is 0 Å². The van der Waals surface area contributed by atoms with Gasteiger partial charge in [0.05, 0.1) is 12.8 Å². The largest absolute Gasteiger partial charge is 0.496 e. The highest BCUT2D eigenvalue weighted by Gasteiger charge is 2.09. The Balaban J connectivity index is 2.48. The number of anilines is 1. The molecule has 0 atom stereocenters. The molecule has 0 unspecified atom stereocenters. The minimum absolute atomic E-state index is 0.182. The number of ether oxygens (including phenoxy) is 1. The molecule has 0 aliphatic carbocycles. The minimum Gasteiger partial charge on any atom is -0.496 e. The summed E-state index contributed by atoms with van der Waals surface area (Å²) in [6.45, 7) is 0. The van der Waals surface area contributed by atoms with Crippen molar-refractivity contribution in [3.63, 3.8) is 0 Å². The molecule has 0 radical (unpaired) electrons. The van der Waals surface area contributed by atoms with Crippen LogP contribution >= 0.6 is 0 Å². The smallest absolute Gasteiger partial charge is 0.236 e. The summed E-state index contributed by atoms with van der Waals surface area (Å²) in [6.07, 6.45) is 3.24. The van der Waals surface area contributed by atoms with Gasteiger partial charge < -0.3 is 4.74 Å². The fourth-order valence-corrected chi connectivity index (χ4v) is 1.50. The predicted molar refractivity (Wildman–Crippen MR) is 63.2 cm³/mol. The molecule has 1 aromatic heterocycles. The van der Waals surface area contributed by atoms with Crippen LogP contribution < -0.4 is 10.1 Å². The molecule has 0 amide bonds. The van der Waals surface area contributed by atoms with Crippen molar-refractivity contribution in [2.75, 3.05) is 12.4 Å². The molecule has 0 aliphatic rings. The Labute approximate surface area is 103 Å². The Hall–Kier alpha value is -2.68. The van der Waals surface area contributed by atoms with Gasteiger partial charge in [-0.05, 0) is 18.2 Å². The van der Waals surface area contributed by atoms with E-state index >= 15 is 0 Å². The highest BCUT2D eigenvalue weighted by Crippen LogP contribution is 2.29. The molecule has 1 aromatic carbocycles. The third-order valence-corrected chi connectivity index (χ3v) is 2.26. The van der Waals surface area contributed by atoms with Gasteiger partial charge in [0.2, 0.25) is 5.95 Å². The second kappa shape index (κ2) is 5.10. The van der Waals surface area contributed by atoms with Crippen molar-refractivity contribution in [1.29, 1.82) is 5.26 Å². The molecule has 2 rings (SSSR count). The predicted octanol–water partition coefficient (Wildman–Crippen LogP) is 2.18.